The molecule has 2 fully saturated rings. The number of likely N-dealkylation sites (tertiary alicyclic amines) is 1. The van der Waals surface area contributed by atoms with E-state index in [4.69, 9.17) is 0 Å². The lowest BCUT2D eigenvalue weighted by Gasteiger charge is -2.25. The number of hydrogen-bond donors (Lipinski definition) is 1. The molecule has 1 N–H and O–H groups in total. The van der Waals surface area contributed by atoms with Crippen molar-refractivity contribution in [3.8, 4) is 0 Å². The van der Waals surface area contributed by atoms with E-state index in [0.29, 0.717) is 6.04 Å². The third-order valence-electron chi connectivity index (χ3n) is 4.53. The minimum atomic E-state index is 0.507. The van der Waals surface area contributed by atoms with Gasteiger partial charge in [0.25, 0.3) is 0 Å². The van der Waals surface area contributed by atoms with E-state index in [1.54, 1.807) is 0 Å². The Kier molecular flexibility index (Phi) is 3.73. The second-order valence-corrected chi connectivity index (χ2v) is 6.47. The van der Waals surface area contributed by atoms with Crippen molar-refractivity contribution in [3.63, 3.8) is 0 Å². The number of hydrogen-bond acceptors (Lipinski definition) is 2. The summed E-state index contributed by atoms with van der Waals surface area (Å²) in [5, 5.41) is 3.68. The lowest BCUT2D eigenvalue weighted by molar-refractivity contribution is 0.250. The van der Waals surface area contributed by atoms with Gasteiger partial charge in [-0.05, 0) is 43.9 Å². The molecule has 98 valence electrons. The summed E-state index contributed by atoms with van der Waals surface area (Å²) in [6, 6.07) is 9.85. The summed E-state index contributed by atoms with van der Waals surface area (Å²) in [6.07, 6.45) is 2.75. The Hall–Kier alpha value is -0.380. The summed E-state index contributed by atoms with van der Waals surface area (Å²) in [5.41, 5.74) is 1.41. The Labute approximate surface area is 118 Å². The predicted molar refractivity (Wildman–Crippen MR) is 78.6 cm³/mol. The van der Waals surface area contributed by atoms with Crippen LogP contribution in [0.1, 0.15) is 31.4 Å². The molecule has 2 heterocycles. The van der Waals surface area contributed by atoms with E-state index in [1.165, 1.54) is 42.5 Å². The van der Waals surface area contributed by atoms with Crippen LogP contribution in [0.2, 0.25) is 0 Å². The Bertz CT molecular complexity index is 407. The first-order valence-corrected chi connectivity index (χ1v) is 7.77. The number of rotatable bonds is 2. The van der Waals surface area contributed by atoms with Gasteiger partial charge in [-0.15, -0.1) is 0 Å². The van der Waals surface area contributed by atoms with Gasteiger partial charge in [-0.25, -0.2) is 0 Å². The monoisotopic (exact) mass is 308 g/mol. The second kappa shape index (κ2) is 5.32. The summed E-state index contributed by atoms with van der Waals surface area (Å²) in [5.74, 6) is 0.865. The summed E-state index contributed by atoms with van der Waals surface area (Å²) in [4.78, 5) is 2.63. The Morgan fingerprint density at radius 2 is 2.17 bits per heavy atom. The average Bonchev–Trinajstić information content (AvgIpc) is 2.82. The van der Waals surface area contributed by atoms with Gasteiger partial charge < -0.3 is 5.32 Å². The zero-order valence-electron chi connectivity index (χ0n) is 10.9. The highest BCUT2D eigenvalue weighted by Crippen LogP contribution is 2.33. The van der Waals surface area contributed by atoms with Crippen molar-refractivity contribution in [2.24, 2.45) is 5.92 Å². The molecule has 1 aromatic rings. The highest BCUT2D eigenvalue weighted by Gasteiger charge is 2.36. The van der Waals surface area contributed by atoms with Crippen molar-refractivity contribution >= 4 is 15.9 Å². The largest absolute Gasteiger partial charge is 0.312 e. The van der Waals surface area contributed by atoms with Gasteiger partial charge in [0.1, 0.15) is 0 Å². The van der Waals surface area contributed by atoms with Gasteiger partial charge >= 0.3 is 0 Å². The molecule has 0 radical (unpaired) electrons. The molecule has 2 saturated heterocycles. The first-order valence-electron chi connectivity index (χ1n) is 6.97. The zero-order valence-corrected chi connectivity index (χ0v) is 12.5. The fourth-order valence-electron chi connectivity index (χ4n) is 3.41. The highest BCUT2D eigenvalue weighted by atomic mass is 79.9. The van der Waals surface area contributed by atoms with E-state index in [2.05, 4.69) is 57.3 Å². The molecule has 0 aromatic heterocycles. The Morgan fingerprint density at radius 3 is 2.94 bits per heavy atom. The third-order valence-corrected chi connectivity index (χ3v) is 5.25. The fraction of sp³-hybridized carbons (Fsp3) is 0.600. The summed E-state index contributed by atoms with van der Waals surface area (Å²) < 4.78 is 1.24. The maximum Gasteiger partial charge on any atom is 0.0331 e. The van der Waals surface area contributed by atoms with E-state index in [-0.39, 0.29) is 0 Å². The van der Waals surface area contributed by atoms with Crippen LogP contribution in [0, 0.1) is 5.92 Å². The summed E-state index contributed by atoms with van der Waals surface area (Å²) in [7, 11) is 0. The quantitative estimate of drug-likeness (QED) is 0.902. The fourth-order valence-corrected chi connectivity index (χ4v) is 4.02. The lowest BCUT2D eigenvalue weighted by Crippen LogP contribution is -2.40. The normalized spacial score (nSPS) is 30.1. The lowest BCUT2D eigenvalue weighted by atomic mass is 9.94. The third kappa shape index (κ3) is 2.36. The van der Waals surface area contributed by atoms with Crippen LogP contribution in [0.15, 0.2) is 28.7 Å². The molecule has 3 atom stereocenters. The van der Waals surface area contributed by atoms with Crippen LogP contribution in [-0.2, 0) is 0 Å². The van der Waals surface area contributed by atoms with E-state index in [9.17, 15) is 0 Å². The minimum absolute atomic E-state index is 0.507. The first-order chi connectivity index (χ1) is 8.75. The van der Waals surface area contributed by atoms with Crippen molar-refractivity contribution in [1.82, 2.24) is 10.2 Å². The second-order valence-electron chi connectivity index (χ2n) is 5.61. The standard InChI is InChI=1S/C15H21BrN2/c1-11(13-6-2-3-7-14(13)16)18-9-12-5-4-8-17-15(12)10-18/h2-3,6-7,11-12,15,17H,4-5,8-10H2,1H3/t11?,12-,15+/m0/s1. The molecule has 2 nitrogen and oxygen atoms in total. The zero-order chi connectivity index (χ0) is 12.5. The minimum Gasteiger partial charge on any atom is -0.312 e. The van der Waals surface area contributed by atoms with Crippen molar-refractivity contribution in [2.45, 2.75) is 31.8 Å². The number of benzene rings is 1. The van der Waals surface area contributed by atoms with E-state index >= 15 is 0 Å². The molecular formula is C15H21BrN2. The molecule has 2 aliphatic heterocycles. The molecule has 1 aromatic carbocycles. The summed E-state index contributed by atoms with van der Waals surface area (Å²) >= 11 is 3.68. The Balaban J connectivity index is 1.74. The van der Waals surface area contributed by atoms with Gasteiger partial charge in [-0.1, -0.05) is 34.1 Å². The maximum absolute atomic E-state index is 3.68. The average molecular weight is 309 g/mol. The smallest absolute Gasteiger partial charge is 0.0331 e. The highest BCUT2D eigenvalue weighted by molar-refractivity contribution is 9.10. The van der Waals surface area contributed by atoms with Crippen LogP contribution in [0.4, 0.5) is 0 Å². The molecule has 0 aliphatic carbocycles. The van der Waals surface area contributed by atoms with Crippen LogP contribution in [0.5, 0.6) is 0 Å². The van der Waals surface area contributed by atoms with Crippen molar-refractivity contribution in [1.29, 1.82) is 0 Å². The van der Waals surface area contributed by atoms with Crippen molar-refractivity contribution in [2.75, 3.05) is 19.6 Å². The molecule has 1 unspecified atom stereocenters. The molecular weight excluding hydrogens is 288 g/mol. The van der Waals surface area contributed by atoms with Crippen LogP contribution in [-0.4, -0.2) is 30.6 Å². The van der Waals surface area contributed by atoms with E-state index < -0.39 is 0 Å². The van der Waals surface area contributed by atoms with Crippen LogP contribution in [0.25, 0.3) is 0 Å². The van der Waals surface area contributed by atoms with Gasteiger partial charge in [-0.3, -0.25) is 4.90 Å². The molecule has 3 heteroatoms. The molecule has 3 rings (SSSR count). The van der Waals surface area contributed by atoms with Gasteiger partial charge in [0.15, 0.2) is 0 Å². The van der Waals surface area contributed by atoms with E-state index in [0.717, 1.165) is 12.0 Å². The first kappa shape index (κ1) is 12.6. The molecule has 2 aliphatic rings. The molecule has 0 bridgehead atoms. The SMILES string of the molecule is CC(c1ccccc1Br)N1C[C@@H]2CCCN[C@@H]2C1. The van der Waals surface area contributed by atoms with Crippen molar-refractivity contribution in [3.05, 3.63) is 34.3 Å². The number of nitrogens with zero attached hydrogens (tertiary/aromatic N) is 1. The maximum atomic E-state index is 3.68. The van der Waals surface area contributed by atoms with Gasteiger partial charge in [0, 0.05) is 29.6 Å². The van der Waals surface area contributed by atoms with Crippen LogP contribution >= 0.6 is 15.9 Å². The predicted octanol–water partition coefficient (Wildman–Crippen LogP) is 3.19. The van der Waals surface area contributed by atoms with Crippen molar-refractivity contribution < 1.29 is 0 Å². The van der Waals surface area contributed by atoms with Crippen LogP contribution < -0.4 is 5.32 Å². The number of piperidine rings is 1. The van der Waals surface area contributed by atoms with Gasteiger partial charge in [0.05, 0.1) is 0 Å². The molecule has 0 spiro atoms. The molecule has 0 saturated carbocycles. The number of halogens is 1. The number of fused-ring (bicyclic) bond motifs is 1. The topological polar surface area (TPSA) is 15.3 Å². The molecule has 18 heavy (non-hydrogen) atoms. The summed E-state index contributed by atoms with van der Waals surface area (Å²) in [6.45, 7) is 5.99. The molecule has 0 amide bonds. The Morgan fingerprint density at radius 1 is 1.33 bits per heavy atom. The van der Waals surface area contributed by atoms with Gasteiger partial charge in [-0.2, -0.15) is 0 Å². The van der Waals surface area contributed by atoms with Gasteiger partial charge in [0.2, 0.25) is 0 Å². The van der Waals surface area contributed by atoms with Crippen LogP contribution in [0.3, 0.4) is 0 Å². The van der Waals surface area contributed by atoms with E-state index in [1.807, 2.05) is 0 Å². The number of nitrogens with one attached hydrogen (secondary N) is 1.